The Morgan fingerprint density at radius 2 is 1.89 bits per heavy atom. The van der Waals surface area contributed by atoms with Crippen LogP contribution in [-0.2, 0) is 17.8 Å². The highest BCUT2D eigenvalue weighted by molar-refractivity contribution is 7.11. The van der Waals surface area contributed by atoms with Crippen molar-refractivity contribution in [2.45, 2.75) is 33.7 Å². The number of nitrogens with zero attached hydrogens (tertiary/aromatic N) is 1. The molecule has 0 saturated heterocycles. The second-order valence-electron chi connectivity index (χ2n) is 4.68. The minimum Gasteiger partial charge on any atom is -0.352 e. The molecule has 0 fully saturated rings. The smallest absolute Gasteiger partial charge is 0.225 e. The van der Waals surface area contributed by atoms with Crippen LogP contribution < -0.4 is 5.32 Å². The molecule has 2 rings (SSSR count). The van der Waals surface area contributed by atoms with Crippen LogP contribution in [0.25, 0.3) is 0 Å². The van der Waals surface area contributed by atoms with Gasteiger partial charge in [0.1, 0.15) is 0 Å². The number of nitrogens with one attached hydrogen (secondary N) is 1. The van der Waals surface area contributed by atoms with E-state index in [1.54, 1.807) is 11.3 Å². The third kappa shape index (κ3) is 3.89. The Labute approximate surface area is 117 Å². The Morgan fingerprint density at radius 3 is 2.47 bits per heavy atom. The third-order valence-electron chi connectivity index (χ3n) is 2.93. The minimum atomic E-state index is 0.0484. The molecular formula is C15H18N2OS. The van der Waals surface area contributed by atoms with Crippen LogP contribution in [0.2, 0.25) is 0 Å². The van der Waals surface area contributed by atoms with E-state index in [9.17, 15) is 4.79 Å². The summed E-state index contributed by atoms with van der Waals surface area (Å²) in [5.41, 5.74) is 3.31. The molecule has 0 atom stereocenters. The van der Waals surface area contributed by atoms with Crippen LogP contribution in [-0.4, -0.2) is 10.9 Å². The molecule has 1 heterocycles. The van der Waals surface area contributed by atoms with E-state index in [1.165, 1.54) is 5.56 Å². The predicted molar refractivity (Wildman–Crippen MR) is 78.3 cm³/mol. The Balaban J connectivity index is 1.88. The summed E-state index contributed by atoms with van der Waals surface area (Å²) < 4.78 is 0. The lowest BCUT2D eigenvalue weighted by Gasteiger charge is -2.05. The van der Waals surface area contributed by atoms with Gasteiger partial charge in [-0.2, -0.15) is 0 Å². The number of aromatic nitrogens is 1. The van der Waals surface area contributed by atoms with Crippen molar-refractivity contribution in [3.8, 4) is 0 Å². The maximum Gasteiger partial charge on any atom is 0.225 e. The number of amides is 1. The summed E-state index contributed by atoms with van der Waals surface area (Å²) in [4.78, 5) is 17.3. The van der Waals surface area contributed by atoms with Gasteiger partial charge in [-0.1, -0.05) is 29.8 Å². The van der Waals surface area contributed by atoms with Crippen molar-refractivity contribution in [1.82, 2.24) is 10.3 Å². The lowest BCUT2D eigenvalue weighted by Crippen LogP contribution is -2.24. The fourth-order valence-electron chi connectivity index (χ4n) is 1.85. The molecule has 0 bridgehead atoms. The van der Waals surface area contributed by atoms with Crippen molar-refractivity contribution in [2.75, 3.05) is 0 Å². The molecule has 4 heteroatoms. The maximum absolute atomic E-state index is 11.9. The number of carbonyl (C=O) groups excluding carboxylic acids is 1. The monoisotopic (exact) mass is 274 g/mol. The molecule has 0 unspecified atom stereocenters. The number of aryl methyl sites for hydroxylation is 3. The van der Waals surface area contributed by atoms with Gasteiger partial charge >= 0.3 is 0 Å². The second-order valence-corrected chi connectivity index (χ2v) is 5.97. The molecule has 2 aromatic rings. The van der Waals surface area contributed by atoms with Gasteiger partial charge < -0.3 is 5.32 Å². The number of hydrogen-bond donors (Lipinski definition) is 1. The molecule has 0 saturated carbocycles. The molecule has 1 N–H and O–H groups in total. The fraction of sp³-hybridized carbons (Fsp3) is 0.333. The van der Waals surface area contributed by atoms with Crippen LogP contribution in [0.5, 0.6) is 0 Å². The summed E-state index contributed by atoms with van der Waals surface area (Å²) in [7, 11) is 0. The van der Waals surface area contributed by atoms with Crippen LogP contribution in [0.15, 0.2) is 24.3 Å². The highest BCUT2D eigenvalue weighted by atomic mass is 32.1. The number of rotatable bonds is 4. The van der Waals surface area contributed by atoms with Crippen molar-refractivity contribution in [1.29, 1.82) is 0 Å². The van der Waals surface area contributed by atoms with E-state index in [4.69, 9.17) is 0 Å². The second kappa shape index (κ2) is 5.97. The van der Waals surface area contributed by atoms with E-state index in [-0.39, 0.29) is 5.91 Å². The van der Waals surface area contributed by atoms with E-state index in [1.807, 2.05) is 26.0 Å². The van der Waals surface area contributed by atoms with Crippen LogP contribution >= 0.6 is 11.3 Å². The summed E-state index contributed by atoms with van der Waals surface area (Å²) >= 11 is 1.59. The van der Waals surface area contributed by atoms with Gasteiger partial charge in [0.05, 0.1) is 17.1 Å². The molecule has 1 aromatic heterocycles. The first kappa shape index (κ1) is 13.7. The molecule has 0 aliphatic rings. The van der Waals surface area contributed by atoms with Gasteiger partial charge in [-0.3, -0.25) is 4.79 Å². The van der Waals surface area contributed by atoms with E-state index in [0.717, 1.165) is 21.1 Å². The quantitative estimate of drug-likeness (QED) is 0.931. The van der Waals surface area contributed by atoms with Crippen LogP contribution in [0.3, 0.4) is 0 Å². The number of thiazole rings is 1. The summed E-state index contributed by atoms with van der Waals surface area (Å²) in [5.74, 6) is 0.0484. The molecule has 0 spiro atoms. The van der Waals surface area contributed by atoms with Gasteiger partial charge in [0, 0.05) is 11.4 Å². The van der Waals surface area contributed by atoms with Gasteiger partial charge in [-0.25, -0.2) is 4.98 Å². The number of hydrogen-bond acceptors (Lipinski definition) is 3. The van der Waals surface area contributed by atoms with Crippen molar-refractivity contribution < 1.29 is 4.79 Å². The molecular weight excluding hydrogens is 256 g/mol. The van der Waals surface area contributed by atoms with Crippen molar-refractivity contribution in [3.63, 3.8) is 0 Å². The average molecular weight is 274 g/mol. The van der Waals surface area contributed by atoms with Crippen LogP contribution in [0.4, 0.5) is 0 Å². The van der Waals surface area contributed by atoms with Crippen molar-refractivity contribution >= 4 is 17.2 Å². The van der Waals surface area contributed by atoms with Crippen molar-refractivity contribution in [3.05, 3.63) is 51.0 Å². The zero-order chi connectivity index (χ0) is 13.8. The van der Waals surface area contributed by atoms with Gasteiger partial charge in [0.15, 0.2) is 0 Å². The maximum atomic E-state index is 11.9. The number of carbonyl (C=O) groups is 1. The molecule has 0 aliphatic carbocycles. The molecule has 3 nitrogen and oxygen atoms in total. The third-order valence-corrected chi connectivity index (χ3v) is 4.00. The summed E-state index contributed by atoms with van der Waals surface area (Å²) in [6.07, 6.45) is 0.420. The van der Waals surface area contributed by atoms with E-state index >= 15 is 0 Å². The van der Waals surface area contributed by atoms with Crippen LogP contribution in [0.1, 0.15) is 26.7 Å². The molecule has 0 radical (unpaired) electrons. The average Bonchev–Trinajstić information content (AvgIpc) is 2.67. The van der Waals surface area contributed by atoms with Gasteiger partial charge in [-0.15, -0.1) is 11.3 Å². The summed E-state index contributed by atoms with van der Waals surface area (Å²) in [6.45, 7) is 6.55. The van der Waals surface area contributed by atoms with Crippen molar-refractivity contribution in [2.24, 2.45) is 0 Å². The standard InChI is InChI=1S/C15H18N2OS/c1-10-4-6-13(7-5-10)9-16-15(18)8-14-11(2)17-12(3)19-14/h4-7H,8-9H2,1-3H3,(H,16,18). The molecule has 1 aromatic carbocycles. The lowest BCUT2D eigenvalue weighted by molar-refractivity contribution is -0.120. The minimum absolute atomic E-state index is 0.0484. The first-order valence-corrected chi connectivity index (χ1v) is 7.11. The zero-order valence-corrected chi connectivity index (χ0v) is 12.3. The first-order valence-electron chi connectivity index (χ1n) is 6.30. The Morgan fingerprint density at radius 1 is 1.21 bits per heavy atom. The van der Waals surface area contributed by atoms with E-state index < -0.39 is 0 Å². The topological polar surface area (TPSA) is 42.0 Å². The van der Waals surface area contributed by atoms with E-state index in [2.05, 4.69) is 29.4 Å². The Kier molecular flexibility index (Phi) is 4.32. The SMILES string of the molecule is Cc1ccc(CNC(=O)Cc2sc(C)nc2C)cc1. The summed E-state index contributed by atoms with van der Waals surface area (Å²) in [6, 6.07) is 8.19. The highest BCUT2D eigenvalue weighted by Gasteiger charge is 2.09. The molecule has 19 heavy (non-hydrogen) atoms. The zero-order valence-electron chi connectivity index (χ0n) is 11.5. The van der Waals surface area contributed by atoms with Gasteiger partial charge in [0.2, 0.25) is 5.91 Å². The molecule has 1 amide bonds. The lowest BCUT2D eigenvalue weighted by atomic mass is 10.1. The number of benzene rings is 1. The van der Waals surface area contributed by atoms with E-state index in [0.29, 0.717) is 13.0 Å². The van der Waals surface area contributed by atoms with Gasteiger partial charge in [0.25, 0.3) is 0 Å². The Hall–Kier alpha value is -1.68. The molecule has 100 valence electrons. The molecule has 0 aliphatic heterocycles. The van der Waals surface area contributed by atoms with Gasteiger partial charge in [-0.05, 0) is 26.3 Å². The normalized spacial score (nSPS) is 10.5. The largest absolute Gasteiger partial charge is 0.352 e. The summed E-state index contributed by atoms with van der Waals surface area (Å²) in [5, 5.41) is 3.96. The fourth-order valence-corrected chi connectivity index (χ4v) is 2.79. The van der Waals surface area contributed by atoms with Crippen LogP contribution in [0, 0.1) is 20.8 Å². The predicted octanol–water partition coefficient (Wildman–Crippen LogP) is 2.93. The first-order chi connectivity index (χ1) is 9.04. The Bertz CT molecular complexity index is 572. The highest BCUT2D eigenvalue weighted by Crippen LogP contribution is 2.17.